The van der Waals surface area contributed by atoms with Crippen LogP contribution < -0.4 is 0 Å². The van der Waals surface area contributed by atoms with Crippen molar-refractivity contribution in [3.05, 3.63) is 44.9 Å². The Hall–Kier alpha value is -2.45. The van der Waals surface area contributed by atoms with Gasteiger partial charge in [-0.1, -0.05) is 6.07 Å². The number of aromatic nitrogens is 1. The molecule has 2 heterocycles. The van der Waals surface area contributed by atoms with Gasteiger partial charge in [0.05, 0.1) is 25.1 Å². The van der Waals surface area contributed by atoms with E-state index in [1.807, 2.05) is 12.3 Å². The topological polar surface area (TPSA) is 77.8 Å². The van der Waals surface area contributed by atoms with E-state index in [0.29, 0.717) is 47.1 Å². The molecule has 0 radical (unpaired) electrons. The number of esters is 1. The summed E-state index contributed by atoms with van der Waals surface area (Å²) in [6.07, 6.45) is 0. The van der Waals surface area contributed by atoms with Crippen molar-refractivity contribution in [2.24, 2.45) is 0 Å². The van der Waals surface area contributed by atoms with Crippen LogP contribution in [-0.4, -0.2) is 61.0 Å². The fourth-order valence-electron chi connectivity index (χ4n) is 3.32. The Bertz CT molecular complexity index is 855. The number of hydrogen-bond acceptors (Lipinski definition) is 6. The van der Waals surface area contributed by atoms with Crippen molar-refractivity contribution in [2.75, 3.05) is 33.9 Å². The van der Waals surface area contributed by atoms with Crippen LogP contribution in [0.25, 0.3) is 0 Å². The maximum Gasteiger partial charge on any atom is 0.354 e. The number of thiophene rings is 1. The highest BCUT2D eigenvalue weighted by atomic mass is 32.1. The highest BCUT2D eigenvalue weighted by Gasteiger charge is 2.28. The molecular formula is C20H26N2O5S. The van der Waals surface area contributed by atoms with Crippen molar-refractivity contribution < 1.29 is 23.9 Å². The van der Waals surface area contributed by atoms with Crippen LogP contribution >= 0.6 is 11.3 Å². The molecule has 0 spiro atoms. The van der Waals surface area contributed by atoms with Gasteiger partial charge in [-0.25, -0.2) is 4.79 Å². The third-order valence-electron chi connectivity index (χ3n) is 4.66. The Morgan fingerprint density at radius 3 is 2.46 bits per heavy atom. The van der Waals surface area contributed by atoms with Crippen LogP contribution in [0.15, 0.2) is 17.5 Å². The smallest absolute Gasteiger partial charge is 0.354 e. The van der Waals surface area contributed by atoms with E-state index in [9.17, 15) is 14.4 Å². The molecule has 0 aliphatic rings. The third-order valence-corrected chi connectivity index (χ3v) is 5.52. The van der Waals surface area contributed by atoms with E-state index in [0.717, 1.165) is 0 Å². The standard InChI is InChI=1S/C20H26N2O5S/c1-6-22-14(3)17(13(2)18(22)20(25)27-5)15(23)12-21(9-10-26-4)19(24)16-8-7-11-28-16/h7-8,11H,6,9-10,12H2,1-5H3. The van der Waals surface area contributed by atoms with Gasteiger partial charge in [0.2, 0.25) is 0 Å². The first kappa shape index (κ1) is 21.8. The number of amides is 1. The summed E-state index contributed by atoms with van der Waals surface area (Å²) in [5, 5.41) is 1.82. The molecule has 0 aliphatic carbocycles. The van der Waals surface area contributed by atoms with E-state index in [4.69, 9.17) is 9.47 Å². The van der Waals surface area contributed by atoms with Gasteiger partial charge in [0.25, 0.3) is 5.91 Å². The molecule has 0 saturated carbocycles. The van der Waals surface area contributed by atoms with Crippen LogP contribution in [0.5, 0.6) is 0 Å². The molecule has 0 aromatic carbocycles. The second kappa shape index (κ2) is 9.66. The predicted molar refractivity (Wildman–Crippen MR) is 107 cm³/mol. The van der Waals surface area contributed by atoms with Crippen molar-refractivity contribution in [3.63, 3.8) is 0 Å². The van der Waals surface area contributed by atoms with E-state index >= 15 is 0 Å². The predicted octanol–water partition coefficient (Wildman–Crippen LogP) is 2.94. The lowest BCUT2D eigenvalue weighted by Gasteiger charge is -2.21. The summed E-state index contributed by atoms with van der Waals surface area (Å²) < 4.78 is 11.7. The average Bonchev–Trinajstić information content (AvgIpc) is 3.30. The zero-order valence-corrected chi connectivity index (χ0v) is 17.7. The molecule has 0 saturated heterocycles. The lowest BCUT2D eigenvalue weighted by molar-refractivity contribution is 0.0587. The molecule has 0 bridgehead atoms. The minimum Gasteiger partial charge on any atom is -0.464 e. The number of ketones is 1. The minimum absolute atomic E-state index is 0.0872. The van der Waals surface area contributed by atoms with Gasteiger partial charge in [-0.05, 0) is 37.8 Å². The van der Waals surface area contributed by atoms with E-state index in [-0.39, 0.29) is 18.2 Å². The monoisotopic (exact) mass is 406 g/mol. The van der Waals surface area contributed by atoms with Crippen LogP contribution in [0.1, 0.15) is 48.7 Å². The van der Waals surface area contributed by atoms with Crippen LogP contribution in [0, 0.1) is 13.8 Å². The second-order valence-corrected chi connectivity index (χ2v) is 7.24. The van der Waals surface area contributed by atoms with Crippen LogP contribution in [0.3, 0.4) is 0 Å². The molecular weight excluding hydrogens is 380 g/mol. The van der Waals surface area contributed by atoms with Crippen LogP contribution in [0.4, 0.5) is 0 Å². The number of hydrogen-bond donors (Lipinski definition) is 0. The molecule has 7 nitrogen and oxygen atoms in total. The highest BCUT2D eigenvalue weighted by molar-refractivity contribution is 7.12. The van der Waals surface area contributed by atoms with Crippen LogP contribution in [0.2, 0.25) is 0 Å². The summed E-state index contributed by atoms with van der Waals surface area (Å²) in [6, 6.07) is 3.53. The number of Topliss-reactive ketones (excluding diaryl/α,β-unsaturated/α-hetero) is 1. The summed E-state index contributed by atoms with van der Waals surface area (Å²) >= 11 is 1.33. The maximum atomic E-state index is 13.1. The van der Waals surface area contributed by atoms with Crippen molar-refractivity contribution in [1.29, 1.82) is 0 Å². The summed E-state index contributed by atoms with van der Waals surface area (Å²) in [7, 11) is 2.87. The molecule has 2 rings (SSSR count). The fraction of sp³-hybridized carbons (Fsp3) is 0.450. The Morgan fingerprint density at radius 1 is 1.21 bits per heavy atom. The Kier molecular flexibility index (Phi) is 7.53. The van der Waals surface area contributed by atoms with Crippen molar-refractivity contribution in [1.82, 2.24) is 9.47 Å². The Morgan fingerprint density at radius 2 is 1.93 bits per heavy atom. The number of nitrogens with zero attached hydrogens (tertiary/aromatic N) is 2. The molecule has 0 aliphatic heterocycles. The zero-order valence-electron chi connectivity index (χ0n) is 16.9. The van der Waals surface area contributed by atoms with Gasteiger partial charge >= 0.3 is 5.97 Å². The van der Waals surface area contributed by atoms with Gasteiger partial charge in [0, 0.05) is 31.5 Å². The van der Waals surface area contributed by atoms with Crippen LogP contribution in [-0.2, 0) is 16.0 Å². The van der Waals surface area contributed by atoms with Gasteiger partial charge in [0.15, 0.2) is 5.78 Å². The van der Waals surface area contributed by atoms with Gasteiger partial charge < -0.3 is 18.9 Å². The fourth-order valence-corrected chi connectivity index (χ4v) is 4.01. The van der Waals surface area contributed by atoms with Crippen molar-refractivity contribution >= 4 is 29.0 Å². The second-order valence-electron chi connectivity index (χ2n) is 6.29. The first-order chi connectivity index (χ1) is 13.4. The molecule has 0 atom stereocenters. The maximum absolute atomic E-state index is 13.1. The Balaban J connectivity index is 2.36. The zero-order chi connectivity index (χ0) is 20.8. The summed E-state index contributed by atoms with van der Waals surface area (Å²) in [6.45, 7) is 6.51. The number of ether oxygens (including phenoxy) is 2. The highest BCUT2D eigenvalue weighted by Crippen LogP contribution is 2.24. The van der Waals surface area contributed by atoms with Gasteiger partial charge in [-0.15, -0.1) is 11.3 Å². The lowest BCUT2D eigenvalue weighted by atomic mass is 10.1. The number of carbonyl (C=O) groups is 3. The molecule has 0 N–H and O–H groups in total. The average molecular weight is 407 g/mol. The summed E-state index contributed by atoms with van der Waals surface area (Å²) in [5.74, 6) is -0.903. The molecule has 0 unspecified atom stereocenters. The number of carbonyl (C=O) groups excluding carboxylic acids is 3. The van der Waals surface area contributed by atoms with Crippen molar-refractivity contribution in [2.45, 2.75) is 27.3 Å². The first-order valence-corrected chi connectivity index (χ1v) is 9.88. The summed E-state index contributed by atoms with van der Waals surface area (Å²) in [4.78, 5) is 40.2. The molecule has 28 heavy (non-hydrogen) atoms. The summed E-state index contributed by atoms with van der Waals surface area (Å²) in [5.41, 5.74) is 2.11. The number of rotatable bonds is 9. The van der Waals surface area contributed by atoms with Gasteiger partial charge in [0.1, 0.15) is 5.69 Å². The van der Waals surface area contributed by atoms with E-state index < -0.39 is 5.97 Å². The SMILES string of the molecule is CCn1c(C)c(C(=O)CN(CCOC)C(=O)c2cccs2)c(C)c1C(=O)OC. The van der Waals surface area contributed by atoms with E-state index in [2.05, 4.69) is 0 Å². The van der Waals surface area contributed by atoms with E-state index in [1.165, 1.54) is 23.3 Å². The third kappa shape index (κ3) is 4.34. The molecule has 2 aromatic rings. The lowest BCUT2D eigenvalue weighted by Crippen LogP contribution is -2.38. The first-order valence-electron chi connectivity index (χ1n) is 9.00. The molecule has 0 fully saturated rings. The number of methoxy groups -OCH3 is 2. The molecule has 8 heteroatoms. The quantitative estimate of drug-likeness (QED) is 0.473. The Labute approximate surface area is 168 Å². The molecule has 1 amide bonds. The van der Waals surface area contributed by atoms with Gasteiger partial charge in [-0.3, -0.25) is 9.59 Å². The normalized spacial score (nSPS) is 10.8. The van der Waals surface area contributed by atoms with Gasteiger partial charge in [-0.2, -0.15) is 0 Å². The molecule has 2 aromatic heterocycles. The van der Waals surface area contributed by atoms with E-state index in [1.54, 1.807) is 37.7 Å². The molecule has 152 valence electrons. The minimum atomic E-state index is -0.479. The van der Waals surface area contributed by atoms with Crippen molar-refractivity contribution in [3.8, 4) is 0 Å². The largest absolute Gasteiger partial charge is 0.464 e.